The number of hydrogen-bond acceptors (Lipinski definition) is 2. The Morgan fingerprint density at radius 3 is 1.64 bits per heavy atom. The monoisotopic (exact) mass is 349 g/mol. The van der Waals surface area contributed by atoms with Crippen LogP contribution in [-0.2, 0) is 12.4 Å². The second-order valence-corrected chi connectivity index (χ2v) is 4.55. The first kappa shape index (κ1) is 20.7. The summed E-state index contributed by atoms with van der Waals surface area (Å²) >= 11 is 4.87. The summed E-state index contributed by atoms with van der Waals surface area (Å²) in [5.41, 5.74) is 1.14. The van der Waals surface area contributed by atoms with Crippen molar-refractivity contribution in [2.75, 3.05) is 6.54 Å². The molecule has 1 rings (SSSR count). The molecule has 0 spiro atoms. The van der Waals surface area contributed by atoms with Crippen LogP contribution in [0.5, 0.6) is 0 Å². The third-order valence-corrected chi connectivity index (χ3v) is 2.59. The minimum atomic E-state index is -4.98. The van der Waals surface area contributed by atoms with Crippen molar-refractivity contribution < 1.29 is 31.1 Å². The summed E-state index contributed by atoms with van der Waals surface area (Å²) in [6, 6.07) is 0.457. The van der Waals surface area contributed by atoms with E-state index >= 15 is 0 Å². The van der Waals surface area contributed by atoms with Crippen LogP contribution in [0.4, 0.5) is 26.3 Å². The predicted molar refractivity (Wildman–Crippen MR) is 70.6 cm³/mol. The van der Waals surface area contributed by atoms with Crippen molar-refractivity contribution in [2.45, 2.75) is 32.1 Å². The third kappa shape index (κ3) is 7.13. The van der Waals surface area contributed by atoms with Crippen LogP contribution in [0.25, 0.3) is 0 Å². The summed E-state index contributed by atoms with van der Waals surface area (Å²) < 4.78 is 73.7. The van der Waals surface area contributed by atoms with Crippen LogP contribution in [0.1, 0.15) is 41.3 Å². The lowest BCUT2D eigenvalue weighted by molar-refractivity contribution is -0.143. The number of alkyl halides is 6. The molecule has 2 nitrogen and oxygen atoms in total. The fourth-order valence-corrected chi connectivity index (χ4v) is 1.38. The Morgan fingerprint density at radius 1 is 1.05 bits per heavy atom. The number of hydrogen-bond donors (Lipinski definition) is 1. The molecule has 126 valence electrons. The largest absolute Gasteiger partial charge is 0.416 e. The second kappa shape index (κ2) is 8.38. The molecular weight excluding hydrogens is 336 g/mol. The van der Waals surface area contributed by atoms with E-state index in [0.717, 1.165) is 6.54 Å². The first-order chi connectivity index (χ1) is 9.93. The SMILES string of the molecule is CCCCN.O=C(Cl)c1cc(C(F)(F)F)cc(C(F)(F)F)c1. The van der Waals surface area contributed by atoms with Gasteiger partial charge < -0.3 is 5.73 Å². The highest BCUT2D eigenvalue weighted by atomic mass is 35.5. The molecule has 0 aliphatic rings. The van der Waals surface area contributed by atoms with Gasteiger partial charge in [0.15, 0.2) is 0 Å². The van der Waals surface area contributed by atoms with Gasteiger partial charge in [0.1, 0.15) is 0 Å². The van der Waals surface area contributed by atoms with Gasteiger partial charge in [0.2, 0.25) is 0 Å². The molecule has 2 N–H and O–H groups in total. The minimum absolute atomic E-state index is 0.0800. The van der Waals surface area contributed by atoms with Gasteiger partial charge in [-0.15, -0.1) is 0 Å². The number of benzene rings is 1. The van der Waals surface area contributed by atoms with Gasteiger partial charge >= 0.3 is 12.4 Å². The number of carbonyl (C=O) groups is 1. The van der Waals surface area contributed by atoms with Crippen molar-refractivity contribution in [3.8, 4) is 0 Å². The number of rotatable bonds is 3. The van der Waals surface area contributed by atoms with Gasteiger partial charge in [0.25, 0.3) is 5.24 Å². The molecule has 0 amide bonds. The Bertz CT molecular complexity index is 464. The number of carbonyl (C=O) groups excluding carboxylic acids is 1. The molecule has 0 saturated heterocycles. The van der Waals surface area contributed by atoms with Crippen molar-refractivity contribution in [2.24, 2.45) is 5.73 Å². The van der Waals surface area contributed by atoms with E-state index in [1.54, 1.807) is 0 Å². The molecule has 1 aromatic carbocycles. The lowest BCUT2D eigenvalue weighted by Crippen LogP contribution is -2.12. The van der Waals surface area contributed by atoms with Crippen LogP contribution in [0, 0.1) is 0 Å². The lowest BCUT2D eigenvalue weighted by atomic mass is 10.1. The molecule has 0 fully saturated rings. The van der Waals surface area contributed by atoms with Gasteiger partial charge in [-0.2, -0.15) is 26.3 Å². The van der Waals surface area contributed by atoms with Crippen molar-refractivity contribution in [1.29, 1.82) is 0 Å². The Balaban J connectivity index is 0.000000763. The van der Waals surface area contributed by atoms with Gasteiger partial charge in [0.05, 0.1) is 11.1 Å². The number of unbranched alkanes of at least 4 members (excludes halogenated alkanes) is 1. The van der Waals surface area contributed by atoms with E-state index in [1.165, 1.54) is 12.8 Å². The van der Waals surface area contributed by atoms with Crippen molar-refractivity contribution >= 4 is 16.8 Å². The highest BCUT2D eigenvalue weighted by Gasteiger charge is 2.37. The fourth-order valence-electron chi connectivity index (χ4n) is 1.27. The van der Waals surface area contributed by atoms with Crippen LogP contribution >= 0.6 is 11.6 Å². The molecular formula is C13H14ClF6NO. The third-order valence-electron chi connectivity index (χ3n) is 2.37. The lowest BCUT2D eigenvalue weighted by Gasteiger charge is -2.12. The average Bonchev–Trinajstić information content (AvgIpc) is 2.37. The van der Waals surface area contributed by atoms with E-state index in [2.05, 4.69) is 6.92 Å². The quantitative estimate of drug-likeness (QED) is 0.626. The molecule has 0 aliphatic heterocycles. The number of nitrogens with two attached hydrogens (primary N) is 1. The average molecular weight is 350 g/mol. The summed E-state index contributed by atoms with van der Waals surface area (Å²) in [4.78, 5) is 10.6. The summed E-state index contributed by atoms with van der Waals surface area (Å²) in [5, 5.41) is -1.39. The molecule has 0 heterocycles. The molecule has 0 bridgehead atoms. The first-order valence-corrected chi connectivity index (χ1v) is 6.50. The standard InChI is InChI=1S/C9H3ClF6O.C4H11N/c10-7(17)4-1-5(8(11,12)13)3-6(2-4)9(14,15)16;1-2-3-4-5/h1-3H;2-5H2,1H3. The van der Waals surface area contributed by atoms with E-state index in [9.17, 15) is 31.1 Å². The van der Waals surface area contributed by atoms with E-state index < -0.39 is 34.3 Å². The Hall–Kier alpha value is -1.28. The molecule has 0 aliphatic carbocycles. The smallest absolute Gasteiger partial charge is 0.330 e. The molecule has 0 radical (unpaired) electrons. The fraction of sp³-hybridized carbons (Fsp3) is 0.462. The normalized spacial score (nSPS) is 11.7. The van der Waals surface area contributed by atoms with Crippen LogP contribution in [-0.4, -0.2) is 11.8 Å². The summed E-state index contributed by atoms with van der Waals surface area (Å²) in [7, 11) is 0. The van der Waals surface area contributed by atoms with E-state index in [1.807, 2.05) is 0 Å². The number of halogens is 7. The van der Waals surface area contributed by atoms with Gasteiger partial charge in [0, 0.05) is 5.56 Å². The second-order valence-electron chi connectivity index (χ2n) is 4.21. The van der Waals surface area contributed by atoms with Crippen LogP contribution in [0.3, 0.4) is 0 Å². The van der Waals surface area contributed by atoms with E-state index in [-0.39, 0.29) is 18.2 Å². The summed E-state index contributed by atoms with van der Waals surface area (Å²) in [6.45, 7) is 2.98. The predicted octanol–water partition coefficient (Wildman–Crippen LogP) is 4.85. The van der Waals surface area contributed by atoms with Gasteiger partial charge in [-0.05, 0) is 42.8 Å². The van der Waals surface area contributed by atoms with Crippen LogP contribution in [0.15, 0.2) is 18.2 Å². The van der Waals surface area contributed by atoms with Gasteiger partial charge in [-0.1, -0.05) is 13.3 Å². The maximum Gasteiger partial charge on any atom is 0.416 e. The first-order valence-electron chi connectivity index (χ1n) is 6.12. The van der Waals surface area contributed by atoms with E-state index in [4.69, 9.17) is 17.3 Å². The Morgan fingerprint density at radius 2 is 1.45 bits per heavy atom. The minimum Gasteiger partial charge on any atom is -0.330 e. The summed E-state index contributed by atoms with van der Waals surface area (Å²) in [5.74, 6) is 0. The highest BCUT2D eigenvalue weighted by Crippen LogP contribution is 2.36. The van der Waals surface area contributed by atoms with Crippen LogP contribution in [0.2, 0.25) is 0 Å². The summed E-state index contributed by atoms with van der Waals surface area (Å²) in [6.07, 6.45) is -7.58. The maximum atomic E-state index is 12.3. The Kier molecular flexibility index (Phi) is 7.89. The Labute approximate surface area is 128 Å². The molecule has 0 unspecified atom stereocenters. The molecule has 9 heteroatoms. The van der Waals surface area contributed by atoms with Crippen molar-refractivity contribution in [3.05, 3.63) is 34.9 Å². The molecule has 0 atom stereocenters. The van der Waals surface area contributed by atoms with Crippen molar-refractivity contribution in [3.63, 3.8) is 0 Å². The zero-order valence-electron chi connectivity index (χ0n) is 11.5. The molecule has 22 heavy (non-hydrogen) atoms. The van der Waals surface area contributed by atoms with Crippen LogP contribution < -0.4 is 5.73 Å². The zero-order chi connectivity index (χ0) is 17.6. The molecule has 1 aromatic rings. The topological polar surface area (TPSA) is 43.1 Å². The maximum absolute atomic E-state index is 12.3. The highest BCUT2D eigenvalue weighted by molar-refractivity contribution is 6.67. The zero-order valence-corrected chi connectivity index (χ0v) is 12.2. The molecule has 0 aromatic heterocycles. The van der Waals surface area contributed by atoms with Gasteiger partial charge in [-0.25, -0.2) is 0 Å². The van der Waals surface area contributed by atoms with E-state index in [0.29, 0.717) is 0 Å². The van der Waals surface area contributed by atoms with Crippen molar-refractivity contribution in [1.82, 2.24) is 0 Å². The molecule has 0 saturated carbocycles. The van der Waals surface area contributed by atoms with Gasteiger partial charge in [-0.3, -0.25) is 4.79 Å².